The fourth-order valence-electron chi connectivity index (χ4n) is 1.59. The van der Waals surface area contributed by atoms with E-state index >= 15 is 0 Å². The van der Waals surface area contributed by atoms with Crippen LogP contribution in [-0.2, 0) is 0 Å². The third kappa shape index (κ3) is 3.01. The molecule has 2 aromatic carbocycles. The molecule has 0 unspecified atom stereocenters. The van der Waals surface area contributed by atoms with Crippen LogP contribution in [0.2, 0.25) is 20.1 Å². The summed E-state index contributed by atoms with van der Waals surface area (Å²) in [6, 6.07) is 8.19. The van der Waals surface area contributed by atoms with Crippen LogP contribution < -0.4 is 0 Å². The van der Waals surface area contributed by atoms with Gasteiger partial charge in [-0.2, -0.15) is 0 Å². The quantitative estimate of drug-likeness (QED) is 0.454. The lowest BCUT2D eigenvalue weighted by molar-refractivity contribution is 0.108. The zero-order valence-electron chi connectivity index (χ0n) is 9.18. The molecule has 6 heteroatoms. The third-order valence-corrected chi connectivity index (χ3v) is 4.35. The molecule has 0 spiro atoms. The van der Waals surface area contributed by atoms with Gasteiger partial charge in [-0.3, -0.25) is 4.79 Å². The Balaban J connectivity index is 2.63. The van der Waals surface area contributed by atoms with Crippen molar-refractivity contribution in [3.05, 3.63) is 56.0 Å². The Hall–Kier alpha value is -0.440. The van der Waals surface area contributed by atoms with Crippen molar-refractivity contribution in [2.45, 2.75) is 0 Å². The van der Waals surface area contributed by atoms with E-state index in [0.717, 1.165) is 0 Å². The molecule has 0 amide bonds. The van der Waals surface area contributed by atoms with Crippen LogP contribution in [0, 0.1) is 0 Å². The van der Waals surface area contributed by atoms with E-state index in [2.05, 4.69) is 0 Å². The lowest BCUT2D eigenvalue weighted by Gasteiger charge is -2.09. The fraction of sp³-hybridized carbons (Fsp3) is 0. The summed E-state index contributed by atoms with van der Waals surface area (Å²) < 4.78 is 0. The van der Waals surface area contributed by atoms with Gasteiger partial charge in [-0.05, 0) is 35.4 Å². The van der Waals surface area contributed by atoms with Gasteiger partial charge in [0.05, 0.1) is 25.7 Å². The van der Waals surface area contributed by atoms with Gasteiger partial charge in [0.1, 0.15) is 0 Å². The number of hydrogen-bond donors (Lipinski definition) is 0. The van der Waals surface area contributed by atoms with Gasteiger partial charge in [0, 0.05) is 5.56 Å². The Labute approximate surface area is 135 Å². The van der Waals surface area contributed by atoms with Crippen molar-refractivity contribution >= 4 is 63.2 Å². The highest BCUT2D eigenvalue weighted by Crippen LogP contribution is 2.38. The first-order valence-corrected chi connectivity index (χ1v) is 6.94. The number of carbonyl (C=O) groups excluding carboxylic acids is 1. The number of benzene rings is 2. The maximum Gasteiger partial charge on any atom is 0.253 e. The average molecular weight is 354 g/mol. The molecule has 2 rings (SSSR count). The Bertz CT molecular complexity index is 666. The van der Waals surface area contributed by atoms with E-state index in [0.29, 0.717) is 21.2 Å². The molecule has 1 nitrogen and oxygen atoms in total. The van der Waals surface area contributed by atoms with Gasteiger partial charge < -0.3 is 0 Å². The molecular formula is C13H5Cl5O. The van der Waals surface area contributed by atoms with Gasteiger partial charge in [0.25, 0.3) is 5.24 Å². The lowest BCUT2D eigenvalue weighted by atomic mass is 10.0. The van der Waals surface area contributed by atoms with Crippen LogP contribution in [0.4, 0.5) is 0 Å². The molecule has 0 saturated heterocycles. The third-order valence-electron chi connectivity index (χ3n) is 2.52. The van der Waals surface area contributed by atoms with E-state index in [1.807, 2.05) is 0 Å². The monoisotopic (exact) mass is 352 g/mol. The summed E-state index contributed by atoms with van der Waals surface area (Å²) in [6.07, 6.45) is 0. The Morgan fingerprint density at radius 2 is 1.47 bits per heavy atom. The molecule has 0 N–H and O–H groups in total. The summed E-state index contributed by atoms with van der Waals surface area (Å²) in [5.41, 5.74) is 1.53. The van der Waals surface area contributed by atoms with Crippen molar-refractivity contribution in [1.29, 1.82) is 0 Å². The predicted molar refractivity (Wildman–Crippen MR) is 82.1 cm³/mol. The molecule has 0 atom stereocenters. The average Bonchev–Trinajstić information content (AvgIpc) is 2.37. The smallest absolute Gasteiger partial charge is 0.253 e. The second kappa shape index (κ2) is 5.90. The van der Waals surface area contributed by atoms with E-state index in [-0.39, 0.29) is 15.6 Å². The topological polar surface area (TPSA) is 17.1 Å². The maximum absolute atomic E-state index is 11.3. The number of carbonyl (C=O) groups is 1. The van der Waals surface area contributed by atoms with Crippen LogP contribution in [0.3, 0.4) is 0 Å². The minimum atomic E-state index is -0.636. The van der Waals surface area contributed by atoms with Crippen LogP contribution in [-0.4, -0.2) is 5.24 Å². The Morgan fingerprint density at radius 3 is 2.11 bits per heavy atom. The number of halogens is 5. The standard InChI is InChI=1S/C13H5Cl5O/c14-9-3-1-6(5-8(9)13(18)19)7-2-4-10(15)12(17)11(7)16/h1-5H. The van der Waals surface area contributed by atoms with E-state index < -0.39 is 5.24 Å². The summed E-state index contributed by atoms with van der Waals surface area (Å²) >= 11 is 29.3. The van der Waals surface area contributed by atoms with Crippen LogP contribution in [0.15, 0.2) is 30.3 Å². The van der Waals surface area contributed by atoms with Crippen molar-refractivity contribution in [3.63, 3.8) is 0 Å². The number of hydrogen-bond acceptors (Lipinski definition) is 1. The molecule has 0 aliphatic carbocycles. The molecule has 0 radical (unpaired) electrons. The van der Waals surface area contributed by atoms with Crippen LogP contribution in [0.1, 0.15) is 10.4 Å². The molecule has 0 fully saturated rings. The highest BCUT2D eigenvalue weighted by Gasteiger charge is 2.14. The SMILES string of the molecule is O=C(Cl)c1cc(-c2ccc(Cl)c(Cl)c2Cl)ccc1Cl. The zero-order chi connectivity index (χ0) is 14.2. The van der Waals surface area contributed by atoms with Gasteiger partial charge in [-0.1, -0.05) is 58.5 Å². The van der Waals surface area contributed by atoms with E-state index in [1.165, 1.54) is 0 Å². The molecule has 0 saturated carbocycles. The highest BCUT2D eigenvalue weighted by atomic mass is 35.5. The van der Waals surface area contributed by atoms with Crippen molar-refractivity contribution in [2.75, 3.05) is 0 Å². The van der Waals surface area contributed by atoms with Gasteiger partial charge in [-0.25, -0.2) is 0 Å². The molecule has 19 heavy (non-hydrogen) atoms. The van der Waals surface area contributed by atoms with Crippen LogP contribution >= 0.6 is 58.0 Å². The van der Waals surface area contributed by atoms with Gasteiger partial charge in [-0.15, -0.1) is 0 Å². The summed E-state index contributed by atoms with van der Waals surface area (Å²) in [4.78, 5) is 11.3. The first-order chi connectivity index (χ1) is 8.91. The van der Waals surface area contributed by atoms with Gasteiger partial charge >= 0.3 is 0 Å². The van der Waals surface area contributed by atoms with Crippen molar-refractivity contribution in [2.24, 2.45) is 0 Å². The molecule has 0 aliphatic heterocycles. The molecule has 0 aliphatic rings. The van der Waals surface area contributed by atoms with Crippen molar-refractivity contribution in [3.8, 4) is 11.1 Å². The zero-order valence-corrected chi connectivity index (χ0v) is 13.0. The molecule has 2 aromatic rings. The van der Waals surface area contributed by atoms with Gasteiger partial charge in [0.15, 0.2) is 0 Å². The molecule has 98 valence electrons. The normalized spacial score (nSPS) is 10.6. The molecule has 0 heterocycles. The molecule has 0 bridgehead atoms. The summed E-state index contributed by atoms with van der Waals surface area (Å²) in [5, 5.41) is 0.569. The summed E-state index contributed by atoms with van der Waals surface area (Å²) in [5.74, 6) is 0. The first kappa shape index (κ1) is 15.0. The lowest BCUT2D eigenvalue weighted by Crippen LogP contribution is -1.92. The highest BCUT2D eigenvalue weighted by molar-refractivity contribution is 6.68. The summed E-state index contributed by atoms with van der Waals surface area (Å²) in [6.45, 7) is 0. The van der Waals surface area contributed by atoms with E-state index in [1.54, 1.807) is 30.3 Å². The van der Waals surface area contributed by atoms with Crippen LogP contribution in [0.25, 0.3) is 11.1 Å². The molecular weight excluding hydrogens is 349 g/mol. The van der Waals surface area contributed by atoms with Crippen molar-refractivity contribution < 1.29 is 4.79 Å². The van der Waals surface area contributed by atoms with Gasteiger partial charge in [0.2, 0.25) is 0 Å². The second-order valence-corrected chi connectivity index (χ2v) is 5.60. The largest absolute Gasteiger partial charge is 0.276 e. The fourth-order valence-corrected chi connectivity index (χ4v) is 2.64. The molecule has 0 aromatic heterocycles. The minimum absolute atomic E-state index is 0.211. The van der Waals surface area contributed by atoms with E-state index in [9.17, 15) is 4.79 Å². The van der Waals surface area contributed by atoms with Crippen molar-refractivity contribution in [1.82, 2.24) is 0 Å². The minimum Gasteiger partial charge on any atom is -0.276 e. The Kier molecular flexibility index (Phi) is 4.65. The first-order valence-electron chi connectivity index (χ1n) is 5.05. The predicted octanol–water partition coefficient (Wildman–Crippen LogP) is 6.35. The van der Waals surface area contributed by atoms with Crippen LogP contribution in [0.5, 0.6) is 0 Å². The second-order valence-electron chi connectivity index (χ2n) is 3.69. The summed E-state index contributed by atoms with van der Waals surface area (Å²) in [7, 11) is 0. The van der Waals surface area contributed by atoms with E-state index in [4.69, 9.17) is 58.0 Å². The number of rotatable bonds is 2. The maximum atomic E-state index is 11.3. The Morgan fingerprint density at radius 1 is 0.842 bits per heavy atom.